The molecule has 0 radical (unpaired) electrons. The first kappa shape index (κ1) is 9.14. The van der Waals surface area contributed by atoms with E-state index < -0.39 is 0 Å². The second-order valence-electron chi connectivity index (χ2n) is 2.99. The first-order valence-corrected chi connectivity index (χ1v) is 5.05. The van der Waals surface area contributed by atoms with E-state index in [9.17, 15) is 9.59 Å². The molecule has 0 saturated carbocycles. The van der Waals surface area contributed by atoms with Crippen LogP contribution in [0, 0.1) is 0 Å². The minimum absolute atomic E-state index is 0.0435. The third-order valence-corrected chi connectivity index (χ3v) is 2.72. The smallest absolute Gasteiger partial charge is 0.242 e. The Morgan fingerprint density at radius 3 is 3.14 bits per heavy atom. The summed E-state index contributed by atoms with van der Waals surface area (Å²) in [7, 11) is 0. The molecule has 14 heavy (non-hydrogen) atoms. The van der Waals surface area contributed by atoms with Crippen molar-refractivity contribution in [1.82, 2.24) is 15.2 Å². The van der Waals surface area contributed by atoms with Gasteiger partial charge in [0.15, 0.2) is 0 Å². The average molecular weight is 211 g/mol. The summed E-state index contributed by atoms with van der Waals surface area (Å²) in [5, 5.41) is 2.50. The van der Waals surface area contributed by atoms with Crippen LogP contribution in [-0.2, 0) is 16.1 Å². The van der Waals surface area contributed by atoms with E-state index in [4.69, 9.17) is 0 Å². The van der Waals surface area contributed by atoms with Gasteiger partial charge in [-0.25, -0.2) is 0 Å². The van der Waals surface area contributed by atoms with Gasteiger partial charge in [0, 0.05) is 11.1 Å². The summed E-state index contributed by atoms with van der Waals surface area (Å²) in [6.07, 6.45) is 1.71. The number of hydrogen-bond acceptors (Lipinski definition) is 4. The predicted octanol–water partition coefficient (Wildman–Crippen LogP) is -0.399. The summed E-state index contributed by atoms with van der Waals surface area (Å²) in [5.41, 5.74) is 1.71. The zero-order valence-electron chi connectivity index (χ0n) is 7.40. The molecule has 1 saturated heterocycles. The zero-order chi connectivity index (χ0) is 9.97. The van der Waals surface area contributed by atoms with Crippen LogP contribution in [0.1, 0.15) is 4.88 Å². The van der Waals surface area contributed by atoms with Gasteiger partial charge in [-0.3, -0.25) is 14.6 Å². The molecular formula is C8H9N3O2S. The van der Waals surface area contributed by atoms with Gasteiger partial charge in [0.2, 0.25) is 11.8 Å². The van der Waals surface area contributed by atoms with Crippen molar-refractivity contribution < 1.29 is 9.59 Å². The molecule has 2 amide bonds. The van der Waals surface area contributed by atoms with E-state index in [1.165, 1.54) is 16.2 Å². The molecule has 6 heteroatoms. The number of aromatic nitrogens is 1. The molecule has 1 aliphatic heterocycles. The minimum atomic E-state index is -0.103. The number of amides is 2. The summed E-state index contributed by atoms with van der Waals surface area (Å²) < 4.78 is 0. The van der Waals surface area contributed by atoms with Crippen molar-refractivity contribution in [3.05, 3.63) is 16.6 Å². The summed E-state index contributed by atoms with van der Waals surface area (Å²) in [6.45, 7) is 0.741. The molecule has 0 atom stereocenters. The highest BCUT2D eigenvalue weighted by molar-refractivity contribution is 7.09. The second-order valence-corrected chi connectivity index (χ2v) is 3.97. The molecule has 1 aromatic heterocycles. The molecule has 0 unspecified atom stereocenters. The lowest BCUT2D eigenvalue weighted by Gasteiger charge is -2.25. The summed E-state index contributed by atoms with van der Waals surface area (Å²) in [5.74, 6) is -0.146. The number of carbonyl (C=O) groups is 2. The van der Waals surface area contributed by atoms with E-state index in [0.717, 1.165) is 4.88 Å². The van der Waals surface area contributed by atoms with E-state index in [-0.39, 0.29) is 24.9 Å². The van der Waals surface area contributed by atoms with Crippen LogP contribution in [0.5, 0.6) is 0 Å². The number of piperazine rings is 1. The third kappa shape index (κ3) is 1.90. The van der Waals surface area contributed by atoms with Gasteiger partial charge in [-0.05, 0) is 0 Å². The number of nitrogens with one attached hydrogen (secondary N) is 1. The van der Waals surface area contributed by atoms with Gasteiger partial charge in [-0.15, -0.1) is 11.3 Å². The van der Waals surface area contributed by atoms with E-state index in [1.54, 1.807) is 11.7 Å². The summed E-state index contributed by atoms with van der Waals surface area (Å²) in [4.78, 5) is 28.8. The maximum atomic E-state index is 11.4. The number of carbonyl (C=O) groups excluding carboxylic acids is 2. The molecule has 1 N–H and O–H groups in total. The molecule has 0 bridgehead atoms. The SMILES string of the molecule is O=C1CN(Cc2cncs2)C(=O)CN1. The van der Waals surface area contributed by atoms with Crippen LogP contribution < -0.4 is 5.32 Å². The molecule has 0 aromatic carbocycles. The van der Waals surface area contributed by atoms with Gasteiger partial charge in [-0.1, -0.05) is 0 Å². The van der Waals surface area contributed by atoms with Crippen LogP contribution in [0.3, 0.4) is 0 Å². The quantitative estimate of drug-likeness (QED) is 0.724. The first-order valence-electron chi connectivity index (χ1n) is 4.17. The van der Waals surface area contributed by atoms with E-state index in [0.29, 0.717) is 6.54 Å². The molecule has 1 fully saturated rings. The molecule has 0 spiro atoms. The van der Waals surface area contributed by atoms with Crippen molar-refractivity contribution >= 4 is 23.2 Å². The molecule has 2 heterocycles. The lowest BCUT2D eigenvalue weighted by atomic mass is 10.3. The number of thiazole rings is 1. The predicted molar refractivity (Wildman–Crippen MR) is 50.5 cm³/mol. The van der Waals surface area contributed by atoms with Crippen molar-refractivity contribution in [2.45, 2.75) is 6.54 Å². The highest BCUT2D eigenvalue weighted by Gasteiger charge is 2.23. The van der Waals surface area contributed by atoms with Crippen molar-refractivity contribution in [3.8, 4) is 0 Å². The normalized spacial score (nSPS) is 17.0. The fraction of sp³-hybridized carbons (Fsp3) is 0.375. The van der Waals surface area contributed by atoms with E-state index in [1.807, 2.05) is 0 Å². The lowest BCUT2D eigenvalue weighted by Crippen LogP contribution is -2.50. The van der Waals surface area contributed by atoms with Crippen molar-refractivity contribution in [3.63, 3.8) is 0 Å². The Balaban J connectivity index is 2.02. The monoisotopic (exact) mass is 211 g/mol. The fourth-order valence-corrected chi connectivity index (χ4v) is 1.87. The van der Waals surface area contributed by atoms with Crippen molar-refractivity contribution in [2.24, 2.45) is 0 Å². The van der Waals surface area contributed by atoms with E-state index >= 15 is 0 Å². The fourth-order valence-electron chi connectivity index (χ4n) is 1.26. The number of nitrogens with zero attached hydrogens (tertiary/aromatic N) is 2. The molecule has 1 aromatic rings. The highest BCUT2D eigenvalue weighted by atomic mass is 32.1. The zero-order valence-corrected chi connectivity index (χ0v) is 8.21. The minimum Gasteiger partial charge on any atom is -0.345 e. The molecular weight excluding hydrogens is 202 g/mol. The Kier molecular flexibility index (Phi) is 2.45. The second kappa shape index (κ2) is 3.75. The topological polar surface area (TPSA) is 62.3 Å². The number of hydrogen-bond donors (Lipinski definition) is 1. The van der Waals surface area contributed by atoms with Crippen LogP contribution >= 0.6 is 11.3 Å². The van der Waals surface area contributed by atoms with Gasteiger partial charge in [0.1, 0.15) is 0 Å². The van der Waals surface area contributed by atoms with Gasteiger partial charge in [-0.2, -0.15) is 0 Å². The van der Waals surface area contributed by atoms with Crippen LogP contribution in [0.2, 0.25) is 0 Å². The lowest BCUT2D eigenvalue weighted by molar-refractivity contribution is -0.141. The Labute approximate surface area is 84.7 Å². The molecule has 0 aliphatic carbocycles. The maximum Gasteiger partial charge on any atom is 0.242 e. The van der Waals surface area contributed by atoms with Crippen molar-refractivity contribution in [1.29, 1.82) is 0 Å². The third-order valence-electron chi connectivity index (χ3n) is 1.95. The Bertz CT molecular complexity index is 349. The highest BCUT2D eigenvalue weighted by Crippen LogP contribution is 2.10. The maximum absolute atomic E-state index is 11.4. The van der Waals surface area contributed by atoms with E-state index in [2.05, 4.69) is 10.3 Å². The number of rotatable bonds is 2. The summed E-state index contributed by atoms with van der Waals surface area (Å²) >= 11 is 1.48. The molecule has 2 rings (SSSR count). The van der Waals surface area contributed by atoms with Gasteiger partial charge < -0.3 is 10.2 Å². The summed E-state index contributed by atoms with van der Waals surface area (Å²) in [6, 6.07) is 0. The largest absolute Gasteiger partial charge is 0.345 e. The molecule has 1 aliphatic rings. The Morgan fingerprint density at radius 1 is 1.57 bits per heavy atom. The van der Waals surface area contributed by atoms with Crippen LogP contribution in [0.4, 0.5) is 0 Å². The van der Waals surface area contributed by atoms with Gasteiger partial charge in [0.05, 0.1) is 25.1 Å². The standard InChI is InChI=1S/C8H9N3O2S/c12-7-4-11(8(13)2-10-7)3-6-1-9-5-14-6/h1,5H,2-4H2,(H,10,12). The van der Waals surface area contributed by atoms with Crippen molar-refractivity contribution in [2.75, 3.05) is 13.1 Å². The Morgan fingerprint density at radius 2 is 2.43 bits per heavy atom. The Hall–Kier alpha value is -1.43. The van der Waals surface area contributed by atoms with Crippen LogP contribution in [-0.4, -0.2) is 34.8 Å². The van der Waals surface area contributed by atoms with Crippen LogP contribution in [0.25, 0.3) is 0 Å². The first-order chi connectivity index (χ1) is 6.75. The van der Waals surface area contributed by atoms with Gasteiger partial charge >= 0.3 is 0 Å². The van der Waals surface area contributed by atoms with Crippen LogP contribution in [0.15, 0.2) is 11.7 Å². The molecule has 74 valence electrons. The average Bonchev–Trinajstić information content (AvgIpc) is 2.64. The molecule has 5 nitrogen and oxygen atoms in total. The van der Waals surface area contributed by atoms with Gasteiger partial charge in [0.25, 0.3) is 0 Å².